The first-order valence-electron chi connectivity index (χ1n) is 38.1. The van der Waals surface area contributed by atoms with Gasteiger partial charge in [-0.3, -0.25) is 0 Å². The van der Waals surface area contributed by atoms with Crippen molar-refractivity contribution in [1.29, 1.82) is 0 Å². The molecule has 0 heterocycles. The summed E-state index contributed by atoms with van der Waals surface area (Å²) in [4.78, 5) is 48.8. The molecule has 12 heteroatoms. The number of esters is 3. The summed E-state index contributed by atoms with van der Waals surface area (Å²) in [6.45, 7) is 6.23. The van der Waals surface area contributed by atoms with E-state index in [1.54, 1.807) is 0 Å². The second kappa shape index (κ2) is 27.9. The lowest BCUT2D eigenvalue weighted by Gasteiger charge is -2.60. The van der Waals surface area contributed by atoms with Crippen molar-refractivity contribution in [3.63, 3.8) is 0 Å². The van der Waals surface area contributed by atoms with Gasteiger partial charge in [-0.1, -0.05) is 57.5 Å². The summed E-state index contributed by atoms with van der Waals surface area (Å²) >= 11 is 0. The highest BCUT2D eigenvalue weighted by atomic mass is 32.2. The molecule has 13 fully saturated rings. The lowest BCUT2D eigenvalue weighted by Crippen LogP contribution is -2.60. The Kier molecular flexibility index (Phi) is 18.8. The molecule has 13 saturated carbocycles. The van der Waals surface area contributed by atoms with Crippen LogP contribution in [0.25, 0.3) is 0 Å². The summed E-state index contributed by atoms with van der Waals surface area (Å²) in [5.41, 5.74) is -0.0493. The van der Waals surface area contributed by atoms with Gasteiger partial charge in [0, 0.05) is 0 Å². The number of hydrogen-bond acceptors (Lipinski definition) is 10. The monoisotopic (exact) mass is 1360 g/mol. The molecule has 0 amide bonds. The Hall–Kier alpha value is -6.37. The summed E-state index contributed by atoms with van der Waals surface area (Å²) in [6, 6.07) is 53.3. The summed E-state index contributed by atoms with van der Waals surface area (Å²) in [7, 11) is -0.907. The Labute approximate surface area is 587 Å². The van der Waals surface area contributed by atoms with Crippen LogP contribution in [0.1, 0.15) is 180 Å². The van der Waals surface area contributed by atoms with E-state index in [1.165, 1.54) is 110 Å². The zero-order valence-corrected chi connectivity index (χ0v) is 59.7. The molecule has 0 N–H and O–H groups in total. The van der Waals surface area contributed by atoms with E-state index in [-0.39, 0.29) is 65.4 Å². The normalized spacial score (nSPS) is 32.4. The fourth-order valence-electron chi connectivity index (χ4n) is 22.5. The molecule has 6 aromatic carbocycles. The molecule has 0 aliphatic heterocycles. The van der Waals surface area contributed by atoms with Crippen molar-refractivity contribution in [3.8, 4) is 23.0 Å². The summed E-state index contributed by atoms with van der Waals surface area (Å²) < 4.78 is 45.5. The molecule has 6 aromatic rings. The van der Waals surface area contributed by atoms with Crippen molar-refractivity contribution in [3.05, 3.63) is 157 Å². The number of ether oxygens (including phenoxy) is 7. The van der Waals surface area contributed by atoms with Gasteiger partial charge in [-0.25, -0.2) is 14.4 Å². The Bertz CT molecular complexity index is 3550. The van der Waals surface area contributed by atoms with Crippen LogP contribution in [-0.4, -0.2) is 60.1 Å². The van der Waals surface area contributed by atoms with E-state index in [2.05, 4.69) is 136 Å². The molecule has 0 radical (unpaired) electrons. The van der Waals surface area contributed by atoms with Crippen LogP contribution >= 0.6 is 0 Å². The zero-order valence-electron chi connectivity index (χ0n) is 58.1. The first-order chi connectivity index (χ1) is 47.8. The smallest absolute Gasteiger partial charge is 0.344 e. The highest BCUT2D eigenvalue weighted by molar-refractivity contribution is 7.97. The van der Waals surface area contributed by atoms with Crippen molar-refractivity contribution in [2.75, 3.05) is 19.8 Å². The molecule has 98 heavy (non-hydrogen) atoms. The zero-order chi connectivity index (χ0) is 66.6. The van der Waals surface area contributed by atoms with Gasteiger partial charge in [-0.15, -0.1) is 0 Å². The van der Waals surface area contributed by atoms with Crippen molar-refractivity contribution < 1.29 is 47.5 Å². The molecule has 0 spiro atoms. The van der Waals surface area contributed by atoms with Gasteiger partial charge in [-0.05, 0) is 352 Å². The number of carbonyl (C=O) groups excluding carboxylic acids is 3. The van der Waals surface area contributed by atoms with Crippen molar-refractivity contribution >= 4 is 39.7 Å². The maximum Gasteiger partial charge on any atom is 0.344 e. The van der Waals surface area contributed by atoms with Gasteiger partial charge >= 0.3 is 17.9 Å². The minimum absolute atomic E-state index is 0.0531. The minimum atomic E-state index is -0.608. The largest absolute Gasteiger partial charge is 0.487 e. The van der Waals surface area contributed by atoms with Gasteiger partial charge in [0.25, 0.3) is 0 Å². The van der Waals surface area contributed by atoms with E-state index < -0.39 is 16.5 Å². The number of aryl methyl sites for hydroxylation is 1. The minimum Gasteiger partial charge on any atom is -0.487 e. The number of carbonyl (C=O) groups is 3. The lowest BCUT2D eigenvalue weighted by atomic mass is 9.49. The number of benzene rings is 6. The van der Waals surface area contributed by atoms with Crippen molar-refractivity contribution in [2.24, 2.45) is 71.0 Å². The Morgan fingerprint density at radius 2 is 0.653 bits per heavy atom. The molecular formula is C86H102O10S2+2. The molecule has 516 valence electrons. The topological polar surface area (TPSA) is 116 Å². The van der Waals surface area contributed by atoms with Gasteiger partial charge in [0.05, 0.1) is 21.8 Å². The summed E-state index contributed by atoms with van der Waals surface area (Å²) in [5.74, 6) is 9.03. The maximum atomic E-state index is 14.5. The third kappa shape index (κ3) is 13.1. The molecule has 1 atom stereocenters. The van der Waals surface area contributed by atoms with Crippen LogP contribution in [0.15, 0.2) is 181 Å². The standard InChI is InChI=1S/C86H102O10S2/c1-4-83(36-11-8-12-37-83)93-73-23-33-79(34-24-73)97(74-13-9-7-10-14-74)75-25-15-57(16-26-75)35-38-86(68-50-62-41-63(52-68)53-69(86)51-62)96-82(89)56-92-72-21-31-78(32-22-72)98(76-27-17-70(18-28-76)90-54-80(87)94-84(5-2)64-42-58-39-59(44-64)45-65(84)43-58)77-29-19-71(20-30-77)91-55-81(88)95-85(6-3)66-46-60-40-61(48-66)49-67(85)47-60/h7,9-10,13-34,58-69H,4-6,8,11-12,35-56H2,1-3H3/q+2. The highest BCUT2D eigenvalue weighted by Crippen LogP contribution is 2.64. The summed E-state index contributed by atoms with van der Waals surface area (Å²) in [5, 5.41) is 0. The van der Waals surface area contributed by atoms with Crippen LogP contribution in [0.2, 0.25) is 0 Å². The predicted molar refractivity (Wildman–Crippen MR) is 383 cm³/mol. The van der Waals surface area contributed by atoms with Crippen LogP contribution in [0.5, 0.6) is 23.0 Å². The van der Waals surface area contributed by atoms with Crippen molar-refractivity contribution in [2.45, 2.75) is 233 Å². The average molecular weight is 1360 g/mol. The maximum absolute atomic E-state index is 14.5. The second-order valence-electron chi connectivity index (χ2n) is 31.9. The van der Waals surface area contributed by atoms with Crippen LogP contribution in [0.3, 0.4) is 0 Å². The van der Waals surface area contributed by atoms with Crippen LogP contribution in [0.4, 0.5) is 0 Å². The van der Waals surface area contributed by atoms with E-state index in [4.69, 9.17) is 33.2 Å². The van der Waals surface area contributed by atoms with E-state index in [0.29, 0.717) is 52.8 Å². The Morgan fingerprint density at radius 3 is 0.990 bits per heavy atom. The second-order valence-corrected chi connectivity index (χ2v) is 36.0. The van der Waals surface area contributed by atoms with E-state index in [1.807, 2.05) is 36.4 Å². The van der Waals surface area contributed by atoms with Gasteiger partial charge in [0.15, 0.2) is 49.2 Å². The molecule has 13 aliphatic rings. The van der Waals surface area contributed by atoms with Gasteiger partial charge in [0.2, 0.25) is 0 Å². The van der Waals surface area contributed by atoms with Crippen LogP contribution in [-0.2, 0) is 56.8 Å². The molecule has 13 aliphatic carbocycles. The Morgan fingerprint density at radius 1 is 0.347 bits per heavy atom. The van der Waals surface area contributed by atoms with Gasteiger partial charge in [0.1, 0.15) is 45.4 Å². The quantitative estimate of drug-likeness (QED) is 0.0295. The third-order valence-corrected chi connectivity index (χ3v) is 31.0. The first kappa shape index (κ1) is 66.2. The van der Waals surface area contributed by atoms with Gasteiger partial charge < -0.3 is 33.2 Å². The van der Waals surface area contributed by atoms with E-state index >= 15 is 0 Å². The van der Waals surface area contributed by atoms with Crippen LogP contribution in [0, 0.1) is 71.0 Å². The molecule has 10 nitrogen and oxygen atoms in total. The first-order valence-corrected chi connectivity index (χ1v) is 40.6. The molecule has 0 aromatic heterocycles. The van der Waals surface area contributed by atoms with E-state index in [0.717, 1.165) is 127 Å². The Balaban J connectivity index is 0.590. The van der Waals surface area contributed by atoms with Crippen LogP contribution < -0.4 is 18.9 Å². The molecule has 12 bridgehead atoms. The highest BCUT2D eigenvalue weighted by Gasteiger charge is 2.62. The number of hydrogen-bond donors (Lipinski definition) is 0. The molecule has 19 rings (SSSR count). The van der Waals surface area contributed by atoms with E-state index in [9.17, 15) is 14.4 Å². The fraction of sp³-hybridized carbons (Fsp3) is 0.547. The molecular weight excluding hydrogens is 1260 g/mol. The molecule has 0 saturated heterocycles. The van der Waals surface area contributed by atoms with Crippen molar-refractivity contribution in [1.82, 2.24) is 0 Å². The predicted octanol–water partition coefficient (Wildman–Crippen LogP) is 19.2. The SMILES string of the molecule is CCC1(Oc2ccc([S+](c3ccccc3)c3ccc(CCC4(OC(=O)COc5ccc([S+](c6ccc(OCC(=O)OC7(CC)C8CC9CC(C8)CC7C9)cc6)c6ccc(OCC(=O)OC7(CC)C8CC9CC(C8)CC7C9)cc6)cc5)C5CC6CC(C5)CC4C6)cc3)cc2)CCCCC1. The summed E-state index contributed by atoms with van der Waals surface area (Å²) in [6.07, 6.45) is 28.4. The van der Waals surface area contributed by atoms with Gasteiger partial charge in [-0.2, -0.15) is 0 Å². The average Bonchev–Trinajstić information content (AvgIpc) is 0.737. The third-order valence-electron chi connectivity index (χ3n) is 26.6. The lowest BCUT2D eigenvalue weighted by molar-refractivity contribution is -0.213. The fourth-order valence-corrected chi connectivity index (χ4v) is 26.6. The molecule has 1 unspecified atom stereocenters. The number of rotatable bonds is 26.